The highest BCUT2D eigenvalue weighted by molar-refractivity contribution is 6.21. The molecule has 0 unspecified atom stereocenters. The number of benzene rings is 4. The summed E-state index contributed by atoms with van der Waals surface area (Å²) in [6, 6.07) is 41.6. The van der Waals surface area contributed by atoms with E-state index in [9.17, 15) is 0 Å². The lowest BCUT2D eigenvalue weighted by atomic mass is 9.79. The molecule has 4 aromatic carbocycles. The van der Waals surface area contributed by atoms with Crippen molar-refractivity contribution in [3.05, 3.63) is 144 Å². The minimum absolute atomic E-state index is 0.117. The average molecular weight is 455 g/mol. The Bertz CT molecular complexity index is 1330. The summed E-state index contributed by atoms with van der Waals surface area (Å²) in [4.78, 5) is 0. The van der Waals surface area contributed by atoms with E-state index in [0.717, 1.165) is 39.1 Å². The Labute approximate surface area is 208 Å². The Morgan fingerprint density at radius 2 is 1.06 bits per heavy atom. The zero-order valence-corrected chi connectivity index (χ0v) is 20.0. The molecular weight excluding hydrogens is 424 g/mol. The minimum Gasteiger partial charge on any atom is -0.323 e. The Kier molecular flexibility index (Phi) is 7.96. The van der Waals surface area contributed by atoms with Crippen LogP contribution in [0.1, 0.15) is 35.6 Å². The number of nitrogens with two attached hydrogens (primary N) is 1. The molecule has 4 rings (SSSR count). The van der Waals surface area contributed by atoms with Gasteiger partial charge in [-0.1, -0.05) is 128 Å². The first-order chi connectivity index (χ1) is 17.2. The molecule has 0 aromatic heterocycles. The SMILES string of the molecule is C#CC[C@@H](C)/C(=C(\C(=C(/NN)c1ccccc1)c1ccccc1)c1ccccc1)c1ccccc1. The summed E-state index contributed by atoms with van der Waals surface area (Å²) in [7, 11) is 0. The van der Waals surface area contributed by atoms with Crippen molar-refractivity contribution in [3.63, 3.8) is 0 Å². The van der Waals surface area contributed by atoms with Crippen molar-refractivity contribution >= 4 is 22.4 Å². The van der Waals surface area contributed by atoms with Gasteiger partial charge in [0.1, 0.15) is 0 Å². The monoisotopic (exact) mass is 454 g/mol. The summed E-state index contributed by atoms with van der Waals surface area (Å²) in [5.41, 5.74) is 11.6. The van der Waals surface area contributed by atoms with Crippen LogP contribution in [0.5, 0.6) is 0 Å². The van der Waals surface area contributed by atoms with Gasteiger partial charge in [-0.25, -0.2) is 0 Å². The summed E-state index contributed by atoms with van der Waals surface area (Å²) in [6.07, 6.45) is 6.46. The summed E-state index contributed by atoms with van der Waals surface area (Å²) >= 11 is 0. The van der Waals surface area contributed by atoms with Crippen molar-refractivity contribution < 1.29 is 0 Å². The lowest BCUT2D eigenvalue weighted by Gasteiger charge is -2.26. The van der Waals surface area contributed by atoms with Crippen LogP contribution < -0.4 is 11.3 Å². The van der Waals surface area contributed by atoms with Crippen LogP contribution in [-0.2, 0) is 0 Å². The van der Waals surface area contributed by atoms with E-state index in [2.05, 4.69) is 103 Å². The molecule has 2 heteroatoms. The zero-order chi connectivity index (χ0) is 24.5. The highest BCUT2D eigenvalue weighted by Gasteiger charge is 2.24. The standard InChI is InChI=1S/C33H30N2/c1-3-16-25(2)30(26-17-8-4-9-18-26)31(27-19-10-5-11-20-27)32(28-21-12-6-13-22-28)33(35-34)29-23-14-7-15-24-29/h1,4-15,17-25,35H,16,34H2,2H3/b31-30+,33-32-/t25-/m1/s1. The van der Waals surface area contributed by atoms with Crippen molar-refractivity contribution in [1.82, 2.24) is 5.43 Å². The van der Waals surface area contributed by atoms with Gasteiger partial charge in [0.2, 0.25) is 0 Å². The molecule has 0 aliphatic heterocycles. The van der Waals surface area contributed by atoms with Crippen LogP contribution in [0.15, 0.2) is 121 Å². The second kappa shape index (κ2) is 11.7. The smallest absolute Gasteiger partial charge is 0.0642 e. The molecule has 0 spiro atoms. The van der Waals surface area contributed by atoms with Gasteiger partial charge in [-0.15, -0.1) is 12.3 Å². The van der Waals surface area contributed by atoms with E-state index >= 15 is 0 Å². The van der Waals surface area contributed by atoms with E-state index in [4.69, 9.17) is 12.3 Å². The third-order valence-electron chi connectivity index (χ3n) is 6.10. The molecule has 0 radical (unpaired) electrons. The number of rotatable bonds is 8. The molecule has 0 bridgehead atoms. The molecule has 0 fully saturated rings. The van der Waals surface area contributed by atoms with Crippen LogP contribution >= 0.6 is 0 Å². The van der Waals surface area contributed by atoms with Crippen LogP contribution in [0.3, 0.4) is 0 Å². The molecule has 0 aliphatic rings. The van der Waals surface area contributed by atoms with Crippen molar-refractivity contribution in [2.75, 3.05) is 0 Å². The van der Waals surface area contributed by atoms with E-state index in [1.54, 1.807) is 0 Å². The van der Waals surface area contributed by atoms with Crippen molar-refractivity contribution in [2.45, 2.75) is 13.3 Å². The molecule has 1 atom stereocenters. The molecule has 172 valence electrons. The first-order valence-corrected chi connectivity index (χ1v) is 11.8. The quantitative estimate of drug-likeness (QED) is 0.0964. The molecule has 0 aliphatic carbocycles. The predicted octanol–water partition coefficient (Wildman–Crippen LogP) is 7.29. The van der Waals surface area contributed by atoms with Gasteiger partial charge >= 0.3 is 0 Å². The topological polar surface area (TPSA) is 38.0 Å². The highest BCUT2D eigenvalue weighted by atomic mass is 15.2. The maximum absolute atomic E-state index is 6.27. The fraction of sp³-hybridized carbons (Fsp3) is 0.0909. The number of allylic oxidation sites excluding steroid dienone is 3. The molecule has 2 nitrogen and oxygen atoms in total. The van der Waals surface area contributed by atoms with Crippen LogP contribution in [0.25, 0.3) is 22.4 Å². The van der Waals surface area contributed by atoms with Gasteiger partial charge in [-0.3, -0.25) is 5.84 Å². The minimum atomic E-state index is 0.117. The van der Waals surface area contributed by atoms with Gasteiger partial charge in [0, 0.05) is 12.0 Å². The van der Waals surface area contributed by atoms with Crippen LogP contribution in [0.2, 0.25) is 0 Å². The molecule has 3 N–H and O–H groups in total. The Balaban J connectivity index is 2.20. The molecule has 0 saturated heterocycles. The van der Waals surface area contributed by atoms with Gasteiger partial charge in [0.05, 0.1) is 5.70 Å². The number of hydrogen-bond acceptors (Lipinski definition) is 2. The number of nitrogens with one attached hydrogen (secondary N) is 1. The van der Waals surface area contributed by atoms with Gasteiger partial charge in [0.15, 0.2) is 0 Å². The number of hydrazine groups is 1. The lowest BCUT2D eigenvalue weighted by Crippen LogP contribution is -2.22. The van der Waals surface area contributed by atoms with E-state index < -0.39 is 0 Å². The van der Waals surface area contributed by atoms with Crippen LogP contribution in [0.4, 0.5) is 0 Å². The molecule has 35 heavy (non-hydrogen) atoms. The maximum Gasteiger partial charge on any atom is 0.0642 e. The van der Waals surface area contributed by atoms with Gasteiger partial charge in [0.25, 0.3) is 0 Å². The maximum atomic E-state index is 6.27. The van der Waals surface area contributed by atoms with Crippen molar-refractivity contribution in [1.29, 1.82) is 0 Å². The Hall–Kier alpha value is -4.32. The van der Waals surface area contributed by atoms with E-state index in [1.165, 1.54) is 5.57 Å². The number of hydrogen-bond donors (Lipinski definition) is 2. The molecule has 0 saturated carbocycles. The van der Waals surface area contributed by atoms with E-state index in [0.29, 0.717) is 6.42 Å². The number of terminal acetylenes is 1. The molecule has 4 aromatic rings. The molecule has 0 amide bonds. The van der Waals surface area contributed by atoms with Gasteiger partial charge < -0.3 is 5.43 Å². The Morgan fingerprint density at radius 3 is 1.49 bits per heavy atom. The summed E-state index contributed by atoms with van der Waals surface area (Å²) < 4.78 is 0. The summed E-state index contributed by atoms with van der Waals surface area (Å²) in [6.45, 7) is 2.20. The predicted molar refractivity (Wildman–Crippen MR) is 149 cm³/mol. The third-order valence-corrected chi connectivity index (χ3v) is 6.10. The van der Waals surface area contributed by atoms with Gasteiger partial charge in [-0.05, 0) is 39.3 Å². The first kappa shape index (κ1) is 23.8. The Morgan fingerprint density at radius 1 is 0.657 bits per heavy atom. The van der Waals surface area contributed by atoms with Crippen LogP contribution in [0, 0.1) is 18.3 Å². The lowest BCUT2D eigenvalue weighted by molar-refractivity contribution is 0.783. The van der Waals surface area contributed by atoms with E-state index in [-0.39, 0.29) is 5.92 Å². The van der Waals surface area contributed by atoms with Crippen molar-refractivity contribution in [2.24, 2.45) is 11.8 Å². The van der Waals surface area contributed by atoms with Gasteiger partial charge in [-0.2, -0.15) is 0 Å². The zero-order valence-electron chi connectivity index (χ0n) is 20.0. The van der Waals surface area contributed by atoms with E-state index in [1.807, 2.05) is 36.4 Å². The molecular formula is C33H30N2. The summed E-state index contributed by atoms with van der Waals surface area (Å²) in [5.74, 6) is 9.27. The largest absolute Gasteiger partial charge is 0.323 e. The summed E-state index contributed by atoms with van der Waals surface area (Å²) in [5, 5.41) is 0. The normalized spacial score (nSPS) is 13.2. The third kappa shape index (κ3) is 5.44. The fourth-order valence-corrected chi connectivity index (χ4v) is 4.53. The van der Waals surface area contributed by atoms with Crippen LogP contribution in [-0.4, -0.2) is 0 Å². The highest BCUT2D eigenvalue weighted by Crippen LogP contribution is 2.44. The second-order valence-corrected chi connectivity index (χ2v) is 8.46. The second-order valence-electron chi connectivity index (χ2n) is 8.46. The molecule has 0 heterocycles. The fourth-order valence-electron chi connectivity index (χ4n) is 4.53. The first-order valence-electron chi connectivity index (χ1n) is 11.8. The average Bonchev–Trinajstić information content (AvgIpc) is 2.92. The van der Waals surface area contributed by atoms with Crippen molar-refractivity contribution in [3.8, 4) is 12.3 Å².